The van der Waals surface area contributed by atoms with Crippen LogP contribution in [0.4, 0.5) is 14.5 Å². The maximum Gasteiger partial charge on any atom is 0.191 e. The minimum atomic E-state index is -0.560. The average molecular weight is 518 g/mol. The molecule has 1 unspecified atom stereocenters. The number of aryl methyl sites for hydroxylation is 1. The second-order valence-electron chi connectivity index (χ2n) is 7.05. The fourth-order valence-corrected chi connectivity index (χ4v) is 3.43. The Kier molecular flexibility index (Phi) is 9.12. The lowest BCUT2D eigenvalue weighted by Gasteiger charge is -2.34. The number of benzene rings is 1. The lowest BCUT2D eigenvalue weighted by molar-refractivity contribution is 0.468. The molecule has 1 aromatic heterocycles. The quantitative estimate of drug-likeness (QED) is 0.351. The molecular formula is C20H29F2IN6. The summed E-state index contributed by atoms with van der Waals surface area (Å²) in [6.45, 7) is 5.08. The third kappa shape index (κ3) is 6.83. The van der Waals surface area contributed by atoms with Gasteiger partial charge in [0.25, 0.3) is 0 Å². The highest BCUT2D eigenvalue weighted by Crippen LogP contribution is 2.19. The van der Waals surface area contributed by atoms with Crippen molar-refractivity contribution in [2.75, 3.05) is 31.1 Å². The number of guanidine groups is 1. The molecule has 2 heterocycles. The maximum atomic E-state index is 13.8. The summed E-state index contributed by atoms with van der Waals surface area (Å²) in [6.07, 6.45) is 6.49. The summed E-state index contributed by atoms with van der Waals surface area (Å²) in [7, 11) is 1.92. The summed E-state index contributed by atoms with van der Waals surface area (Å²) in [4.78, 5) is 6.89. The molecule has 0 aliphatic carbocycles. The van der Waals surface area contributed by atoms with Gasteiger partial charge in [-0.1, -0.05) is 6.07 Å². The molecule has 0 bridgehead atoms. The Bertz CT molecular complexity index is 810. The van der Waals surface area contributed by atoms with Gasteiger partial charge in [-0.05, 0) is 37.8 Å². The molecule has 3 rings (SSSR count). The van der Waals surface area contributed by atoms with E-state index < -0.39 is 11.6 Å². The van der Waals surface area contributed by atoms with E-state index in [0.29, 0.717) is 18.5 Å². The van der Waals surface area contributed by atoms with E-state index in [-0.39, 0.29) is 30.0 Å². The number of rotatable bonds is 6. The molecule has 9 heteroatoms. The monoisotopic (exact) mass is 518 g/mol. The van der Waals surface area contributed by atoms with Crippen LogP contribution >= 0.6 is 24.0 Å². The molecule has 1 fully saturated rings. The number of aromatic nitrogens is 2. The molecular weight excluding hydrogens is 489 g/mol. The number of aliphatic imine (C=N–C) groups is 1. The SMILES string of the molecule is CCNC(=NCCc1ccc(F)cc1F)NC1CCCN(c2cnn(C)c2)C1.I. The number of anilines is 1. The minimum absolute atomic E-state index is 0. The van der Waals surface area contributed by atoms with Gasteiger partial charge >= 0.3 is 0 Å². The zero-order chi connectivity index (χ0) is 19.9. The summed E-state index contributed by atoms with van der Waals surface area (Å²) in [5, 5.41) is 11.0. The van der Waals surface area contributed by atoms with Crippen molar-refractivity contribution in [2.45, 2.75) is 32.2 Å². The van der Waals surface area contributed by atoms with Gasteiger partial charge in [-0.3, -0.25) is 9.67 Å². The standard InChI is InChI=1S/C20H28F2N6.HI/c1-3-23-20(24-9-8-15-6-7-16(21)11-19(15)22)26-17-5-4-10-28(13-17)18-12-25-27(2)14-18;/h6-7,11-12,14,17H,3-5,8-10,13H2,1-2H3,(H2,23,24,26);1H. The van der Waals surface area contributed by atoms with Crippen LogP contribution in [0.5, 0.6) is 0 Å². The van der Waals surface area contributed by atoms with E-state index >= 15 is 0 Å². The Morgan fingerprint density at radius 3 is 2.86 bits per heavy atom. The maximum absolute atomic E-state index is 13.8. The zero-order valence-electron chi connectivity index (χ0n) is 16.9. The summed E-state index contributed by atoms with van der Waals surface area (Å²) in [6, 6.07) is 3.94. The molecule has 160 valence electrons. The second-order valence-corrected chi connectivity index (χ2v) is 7.05. The van der Waals surface area contributed by atoms with Gasteiger partial charge in [0.15, 0.2) is 5.96 Å². The Labute approximate surface area is 187 Å². The van der Waals surface area contributed by atoms with Gasteiger partial charge in [0, 0.05) is 51.5 Å². The van der Waals surface area contributed by atoms with Crippen LogP contribution in [-0.4, -0.2) is 48.0 Å². The predicted molar refractivity (Wildman–Crippen MR) is 123 cm³/mol. The number of hydrogen-bond donors (Lipinski definition) is 2. The summed E-state index contributed by atoms with van der Waals surface area (Å²) < 4.78 is 28.6. The van der Waals surface area contributed by atoms with Gasteiger partial charge in [0.2, 0.25) is 0 Å². The third-order valence-corrected chi connectivity index (χ3v) is 4.83. The molecule has 2 aromatic rings. The van der Waals surface area contributed by atoms with E-state index in [1.54, 1.807) is 0 Å². The Hall–Kier alpha value is -1.91. The number of nitrogens with one attached hydrogen (secondary N) is 2. The van der Waals surface area contributed by atoms with Crippen molar-refractivity contribution >= 4 is 35.6 Å². The molecule has 0 amide bonds. The normalized spacial score (nSPS) is 17.0. The van der Waals surface area contributed by atoms with Gasteiger partial charge < -0.3 is 15.5 Å². The first-order valence-electron chi connectivity index (χ1n) is 9.77. The van der Waals surface area contributed by atoms with Crippen molar-refractivity contribution in [3.05, 3.63) is 47.8 Å². The highest BCUT2D eigenvalue weighted by Gasteiger charge is 2.21. The molecule has 1 atom stereocenters. The van der Waals surface area contributed by atoms with E-state index in [4.69, 9.17) is 0 Å². The van der Waals surface area contributed by atoms with Gasteiger partial charge in [-0.15, -0.1) is 24.0 Å². The first kappa shape index (κ1) is 23.4. The van der Waals surface area contributed by atoms with Crippen molar-refractivity contribution in [3.8, 4) is 0 Å². The van der Waals surface area contributed by atoms with Crippen molar-refractivity contribution in [1.82, 2.24) is 20.4 Å². The molecule has 1 saturated heterocycles. The fourth-order valence-electron chi connectivity index (χ4n) is 3.43. The van der Waals surface area contributed by atoms with Crippen molar-refractivity contribution < 1.29 is 8.78 Å². The van der Waals surface area contributed by atoms with Crippen LogP contribution in [0.25, 0.3) is 0 Å². The van der Waals surface area contributed by atoms with Crippen LogP contribution in [0.2, 0.25) is 0 Å². The Balaban J connectivity index is 0.00000300. The van der Waals surface area contributed by atoms with E-state index in [9.17, 15) is 8.78 Å². The van der Waals surface area contributed by atoms with Crippen LogP contribution in [0.1, 0.15) is 25.3 Å². The molecule has 1 aromatic carbocycles. The predicted octanol–water partition coefficient (Wildman–Crippen LogP) is 3.08. The average Bonchev–Trinajstić information content (AvgIpc) is 3.10. The van der Waals surface area contributed by atoms with E-state index in [2.05, 4.69) is 25.6 Å². The summed E-state index contributed by atoms with van der Waals surface area (Å²) in [5.74, 6) is -0.356. The number of halogens is 3. The molecule has 0 radical (unpaired) electrons. The fraction of sp³-hybridized carbons (Fsp3) is 0.500. The van der Waals surface area contributed by atoms with Crippen LogP contribution < -0.4 is 15.5 Å². The highest BCUT2D eigenvalue weighted by atomic mass is 127. The van der Waals surface area contributed by atoms with Gasteiger partial charge in [0.05, 0.1) is 11.9 Å². The Morgan fingerprint density at radius 1 is 1.34 bits per heavy atom. The second kappa shape index (κ2) is 11.3. The Morgan fingerprint density at radius 2 is 2.17 bits per heavy atom. The molecule has 29 heavy (non-hydrogen) atoms. The first-order valence-corrected chi connectivity index (χ1v) is 9.77. The molecule has 0 spiro atoms. The van der Waals surface area contributed by atoms with Gasteiger partial charge in [-0.25, -0.2) is 8.78 Å². The van der Waals surface area contributed by atoms with E-state index in [0.717, 1.165) is 50.2 Å². The first-order chi connectivity index (χ1) is 13.5. The smallest absolute Gasteiger partial charge is 0.191 e. The zero-order valence-corrected chi connectivity index (χ0v) is 19.2. The van der Waals surface area contributed by atoms with Crippen LogP contribution in [0.3, 0.4) is 0 Å². The van der Waals surface area contributed by atoms with Gasteiger partial charge in [0.1, 0.15) is 11.6 Å². The van der Waals surface area contributed by atoms with E-state index in [1.807, 2.05) is 31.0 Å². The molecule has 0 saturated carbocycles. The lowest BCUT2D eigenvalue weighted by atomic mass is 10.1. The molecule has 6 nitrogen and oxygen atoms in total. The largest absolute Gasteiger partial charge is 0.367 e. The van der Waals surface area contributed by atoms with Crippen molar-refractivity contribution in [3.63, 3.8) is 0 Å². The number of nitrogens with zero attached hydrogens (tertiary/aromatic N) is 4. The third-order valence-electron chi connectivity index (χ3n) is 4.83. The minimum Gasteiger partial charge on any atom is -0.367 e. The van der Waals surface area contributed by atoms with Gasteiger partial charge in [-0.2, -0.15) is 5.10 Å². The number of piperidine rings is 1. The molecule has 1 aliphatic heterocycles. The molecule has 1 aliphatic rings. The number of hydrogen-bond acceptors (Lipinski definition) is 3. The topological polar surface area (TPSA) is 57.5 Å². The van der Waals surface area contributed by atoms with Crippen LogP contribution in [-0.2, 0) is 13.5 Å². The van der Waals surface area contributed by atoms with Crippen molar-refractivity contribution in [2.24, 2.45) is 12.0 Å². The summed E-state index contributed by atoms with van der Waals surface area (Å²) in [5.41, 5.74) is 1.60. The summed E-state index contributed by atoms with van der Waals surface area (Å²) >= 11 is 0. The van der Waals surface area contributed by atoms with Crippen LogP contribution in [0.15, 0.2) is 35.6 Å². The van der Waals surface area contributed by atoms with Crippen molar-refractivity contribution in [1.29, 1.82) is 0 Å². The molecule has 2 N–H and O–H groups in total. The highest BCUT2D eigenvalue weighted by molar-refractivity contribution is 14.0. The van der Waals surface area contributed by atoms with E-state index in [1.165, 1.54) is 12.1 Å². The van der Waals surface area contributed by atoms with Crippen LogP contribution in [0, 0.1) is 11.6 Å². The lowest BCUT2D eigenvalue weighted by Crippen LogP contribution is -2.51.